The summed E-state index contributed by atoms with van der Waals surface area (Å²) >= 11 is 1.84. The number of thioether (sulfide) groups is 1. The van der Waals surface area contributed by atoms with E-state index in [4.69, 9.17) is 9.72 Å². The first kappa shape index (κ1) is 19.6. The molecule has 4 heteroatoms. The van der Waals surface area contributed by atoms with Crippen molar-refractivity contribution < 1.29 is 4.74 Å². The van der Waals surface area contributed by atoms with Crippen molar-refractivity contribution in [3.8, 4) is 5.75 Å². The topological polar surface area (TPSA) is 27.1 Å². The lowest BCUT2D eigenvalue weighted by molar-refractivity contribution is 0.303. The molecule has 0 unspecified atom stereocenters. The quantitative estimate of drug-likeness (QED) is 0.236. The lowest BCUT2D eigenvalue weighted by Crippen LogP contribution is -2.05. The first-order valence-electron chi connectivity index (χ1n) is 10.1. The molecule has 0 bridgehead atoms. The van der Waals surface area contributed by atoms with Crippen molar-refractivity contribution in [3.63, 3.8) is 0 Å². The summed E-state index contributed by atoms with van der Waals surface area (Å²) in [7, 11) is 0. The van der Waals surface area contributed by atoms with Crippen LogP contribution in [0.3, 0.4) is 0 Å². The fraction of sp³-hybridized carbons (Fsp3) is 0.240. The number of nitrogens with zero attached hydrogens (tertiary/aromatic N) is 2. The Morgan fingerprint density at radius 3 is 2.45 bits per heavy atom. The second-order valence-corrected chi connectivity index (χ2v) is 8.19. The van der Waals surface area contributed by atoms with Gasteiger partial charge in [-0.25, -0.2) is 4.98 Å². The predicted molar refractivity (Wildman–Crippen MR) is 122 cm³/mol. The molecular formula is C25H26N2OS. The second-order valence-electron chi connectivity index (χ2n) is 7.14. The van der Waals surface area contributed by atoms with Crippen molar-refractivity contribution in [3.05, 3.63) is 90.3 Å². The number of hydrogen-bond donors (Lipinski definition) is 0. The van der Waals surface area contributed by atoms with Gasteiger partial charge in [0.1, 0.15) is 11.6 Å². The van der Waals surface area contributed by atoms with Crippen LogP contribution in [0.5, 0.6) is 5.75 Å². The Morgan fingerprint density at radius 2 is 1.62 bits per heavy atom. The van der Waals surface area contributed by atoms with Crippen molar-refractivity contribution in [1.82, 2.24) is 9.55 Å². The van der Waals surface area contributed by atoms with Crippen LogP contribution in [0.15, 0.2) is 83.8 Å². The minimum absolute atomic E-state index is 0.740. The third-order valence-electron chi connectivity index (χ3n) is 4.91. The third kappa shape index (κ3) is 5.21. The van der Waals surface area contributed by atoms with Crippen molar-refractivity contribution in [2.75, 3.05) is 6.61 Å². The van der Waals surface area contributed by atoms with Crippen LogP contribution in [0.1, 0.15) is 24.2 Å². The molecule has 4 rings (SSSR count). The van der Waals surface area contributed by atoms with E-state index in [1.54, 1.807) is 0 Å². The van der Waals surface area contributed by atoms with Crippen molar-refractivity contribution in [1.29, 1.82) is 0 Å². The van der Waals surface area contributed by atoms with E-state index in [1.165, 1.54) is 16.0 Å². The zero-order valence-electron chi connectivity index (χ0n) is 16.8. The molecular weight excluding hydrogens is 376 g/mol. The Balaban J connectivity index is 1.37. The maximum atomic E-state index is 5.87. The summed E-state index contributed by atoms with van der Waals surface area (Å²) < 4.78 is 8.25. The number of ether oxygens (including phenoxy) is 1. The zero-order valence-corrected chi connectivity index (χ0v) is 17.6. The zero-order chi connectivity index (χ0) is 19.9. The van der Waals surface area contributed by atoms with E-state index < -0.39 is 0 Å². The molecule has 0 radical (unpaired) electrons. The van der Waals surface area contributed by atoms with E-state index in [9.17, 15) is 0 Å². The molecule has 0 fully saturated rings. The third-order valence-corrected chi connectivity index (χ3v) is 5.92. The Morgan fingerprint density at radius 1 is 0.862 bits per heavy atom. The summed E-state index contributed by atoms with van der Waals surface area (Å²) in [6.45, 7) is 3.79. The molecule has 29 heavy (non-hydrogen) atoms. The van der Waals surface area contributed by atoms with Crippen LogP contribution in [0.2, 0.25) is 0 Å². The molecule has 0 aliphatic carbocycles. The predicted octanol–water partition coefficient (Wildman–Crippen LogP) is 6.50. The van der Waals surface area contributed by atoms with E-state index in [0.29, 0.717) is 0 Å². The van der Waals surface area contributed by atoms with Gasteiger partial charge in [-0.1, -0.05) is 48.0 Å². The van der Waals surface area contributed by atoms with E-state index in [0.717, 1.165) is 48.8 Å². The van der Waals surface area contributed by atoms with E-state index >= 15 is 0 Å². The molecule has 0 N–H and O–H groups in total. The molecule has 0 saturated heterocycles. The van der Waals surface area contributed by atoms with Gasteiger partial charge in [0.2, 0.25) is 0 Å². The first-order chi connectivity index (χ1) is 14.3. The van der Waals surface area contributed by atoms with Crippen LogP contribution in [0, 0.1) is 6.92 Å². The average Bonchev–Trinajstić information content (AvgIpc) is 3.12. The first-order valence-corrected chi connectivity index (χ1v) is 11.1. The fourth-order valence-electron chi connectivity index (χ4n) is 3.35. The van der Waals surface area contributed by atoms with Gasteiger partial charge in [-0.3, -0.25) is 0 Å². The largest absolute Gasteiger partial charge is 0.494 e. The van der Waals surface area contributed by atoms with E-state index in [1.807, 2.05) is 23.9 Å². The van der Waals surface area contributed by atoms with Gasteiger partial charge in [0.05, 0.1) is 23.4 Å². The second kappa shape index (κ2) is 9.66. The summed E-state index contributed by atoms with van der Waals surface area (Å²) in [6, 6.07) is 27.2. The highest BCUT2D eigenvalue weighted by molar-refractivity contribution is 7.98. The molecule has 1 heterocycles. The smallest absolute Gasteiger partial charge is 0.120 e. The Hall–Kier alpha value is -2.72. The van der Waals surface area contributed by atoms with Crippen molar-refractivity contribution >= 4 is 22.8 Å². The Kier molecular flexibility index (Phi) is 6.52. The van der Waals surface area contributed by atoms with Gasteiger partial charge in [-0.2, -0.15) is 0 Å². The number of hydrogen-bond acceptors (Lipinski definition) is 3. The number of unbranched alkanes of at least 4 members (excludes halogenated alkanes) is 1. The van der Waals surface area contributed by atoms with Crippen LogP contribution in [0.4, 0.5) is 0 Å². The highest BCUT2D eigenvalue weighted by atomic mass is 32.2. The van der Waals surface area contributed by atoms with Gasteiger partial charge in [-0.05, 0) is 56.2 Å². The normalized spacial score (nSPS) is 11.1. The average molecular weight is 403 g/mol. The summed E-state index contributed by atoms with van der Waals surface area (Å²) in [4.78, 5) is 6.17. The molecule has 148 valence electrons. The van der Waals surface area contributed by atoms with Gasteiger partial charge >= 0.3 is 0 Å². The van der Waals surface area contributed by atoms with Gasteiger partial charge in [0.25, 0.3) is 0 Å². The molecule has 4 aromatic rings. The fourth-order valence-corrected chi connectivity index (χ4v) is 4.21. The van der Waals surface area contributed by atoms with Crippen LogP contribution in [0.25, 0.3) is 11.0 Å². The molecule has 3 aromatic carbocycles. The summed E-state index contributed by atoms with van der Waals surface area (Å²) in [6.07, 6.45) is 2.08. The number of benzene rings is 3. The minimum Gasteiger partial charge on any atom is -0.494 e. The number of para-hydroxylation sites is 2. The maximum Gasteiger partial charge on any atom is 0.120 e. The van der Waals surface area contributed by atoms with Crippen LogP contribution >= 0.6 is 11.8 Å². The molecule has 1 aromatic heterocycles. The monoisotopic (exact) mass is 402 g/mol. The van der Waals surface area contributed by atoms with Gasteiger partial charge in [0.15, 0.2) is 0 Å². The molecule has 0 amide bonds. The number of rotatable bonds is 9. The van der Waals surface area contributed by atoms with Crippen molar-refractivity contribution in [2.45, 2.75) is 37.0 Å². The van der Waals surface area contributed by atoms with Gasteiger partial charge in [-0.15, -0.1) is 11.8 Å². The molecule has 0 spiro atoms. The molecule has 0 aliphatic rings. The Bertz CT molecular complexity index is 1040. The van der Waals surface area contributed by atoms with Crippen LogP contribution in [-0.2, 0) is 12.3 Å². The molecule has 0 atom stereocenters. The molecule has 0 aliphatic heterocycles. The molecule has 0 saturated carbocycles. The van der Waals surface area contributed by atoms with E-state index in [-0.39, 0.29) is 0 Å². The summed E-state index contributed by atoms with van der Waals surface area (Å²) in [5.41, 5.74) is 3.55. The number of aromatic nitrogens is 2. The number of imidazole rings is 1. The van der Waals surface area contributed by atoms with E-state index in [2.05, 4.69) is 78.2 Å². The lowest BCUT2D eigenvalue weighted by Gasteiger charge is -2.10. The Labute approximate surface area is 176 Å². The standard InChI is InChI=1S/C25H26N2OS/c1-20-13-15-21(16-14-20)28-18-8-7-17-27-24-12-6-5-11-23(24)26-25(27)19-29-22-9-3-2-4-10-22/h2-6,9-16H,7-8,17-19H2,1H3. The maximum absolute atomic E-state index is 5.87. The van der Waals surface area contributed by atoms with Gasteiger partial charge in [0, 0.05) is 11.4 Å². The number of aryl methyl sites for hydroxylation is 2. The SMILES string of the molecule is Cc1ccc(OCCCCn2c(CSc3ccccc3)nc3ccccc32)cc1. The van der Waals surface area contributed by atoms with Crippen LogP contribution in [-0.4, -0.2) is 16.2 Å². The highest BCUT2D eigenvalue weighted by Gasteiger charge is 2.10. The highest BCUT2D eigenvalue weighted by Crippen LogP contribution is 2.25. The summed E-state index contributed by atoms with van der Waals surface area (Å²) in [5, 5.41) is 0. The van der Waals surface area contributed by atoms with Crippen LogP contribution < -0.4 is 4.74 Å². The summed E-state index contributed by atoms with van der Waals surface area (Å²) in [5.74, 6) is 2.96. The lowest BCUT2D eigenvalue weighted by atomic mass is 10.2. The van der Waals surface area contributed by atoms with Crippen molar-refractivity contribution in [2.24, 2.45) is 0 Å². The van der Waals surface area contributed by atoms with Gasteiger partial charge < -0.3 is 9.30 Å². The molecule has 3 nitrogen and oxygen atoms in total. The number of fused-ring (bicyclic) bond motifs is 1. The minimum atomic E-state index is 0.740.